The van der Waals surface area contributed by atoms with Crippen LogP contribution in [0.25, 0.3) is 21.8 Å². The second-order valence-electron chi connectivity index (χ2n) is 4.41. The lowest BCUT2D eigenvalue weighted by molar-refractivity contribution is -0.353. The largest absolute Gasteiger partial charge is 0.358 e. The van der Waals surface area contributed by atoms with E-state index in [2.05, 4.69) is 9.97 Å². The number of fused-ring (bicyclic) bond motifs is 3. The van der Waals surface area contributed by atoms with Crippen molar-refractivity contribution in [2.24, 2.45) is 0 Å². The van der Waals surface area contributed by atoms with Crippen molar-refractivity contribution < 1.29 is 4.98 Å². The lowest BCUT2D eigenvalue weighted by Gasteiger charge is -2.01. The number of hydrogen-bond acceptors (Lipinski definition) is 1. The van der Waals surface area contributed by atoms with Crippen molar-refractivity contribution in [3.63, 3.8) is 0 Å². The van der Waals surface area contributed by atoms with Crippen LogP contribution in [-0.2, 0) is 0 Å². The molecule has 2 aromatic heterocycles. The first-order valence-electron chi connectivity index (χ1n) is 5.60. The standard InChI is InChI=1S/C14H12N2O/c1-8-3-4-10-5-6-11-13(14(10)16-8)12(17)7-9(2)15-11/h3-7H,1-2H3,(H,15,17)/p+1. The smallest absolute Gasteiger partial charge is 0.224 e. The summed E-state index contributed by atoms with van der Waals surface area (Å²) in [6.07, 6.45) is 0. The molecular formula is C14H13N2O+. The lowest BCUT2D eigenvalue weighted by atomic mass is 10.1. The van der Waals surface area contributed by atoms with E-state index in [1.54, 1.807) is 6.07 Å². The first kappa shape index (κ1) is 10.0. The van der Waals surface area contributed by atoms with Crippen molar-refractivity contribution in [3.05, 3.63) is 51.9 Å². The summed E-state index contributed by atoms with van der Waals surface area (Å²) < 4.78 is 0. The highest BCUT2D eigenvalue weighted by atomic mass is 16.1. The van der Waals surface area contributed by atoms with Crippen molar-refractivity contribution in [2.45, 2.75) is 13.8 Å². The number of rotatable bonds is 0. The van der Waals surface area contributed by atoms with Gasteiger partial charge in [-0.05, 0) is 25.1 Å². The molecule has 2 heterocycles. The molecule has 0 fully saturated rings. The Balaban J connectivity index is 2.63. The number of aromatic nitrogens is 2. The van der Waals surface area contributed by atoms with Crippen molar-refractivity contribution >= 4 is 21.8 Å². The summed E-state index contributed by atoms with van der Waals surface area (Å²) in [4.78, 5) is 18.6. The highest BCUT2D eigenvalue weighted by molar-refractivity contribution is 6.01. The van der Waals surface area contributed by atoms with Gasteiger partial charge >= 0.3 is 0 Å². The van der Waals surface area contributed by atoms with Gasteiger partial charge in [0.2, 0.25) is 5.52 Å². The van der Waals surface area contributed by atoms with Crippen LogP contribution < -0.4 is 10.4 Å². The third kappa shape index (κ3) is 1.51. The highest BCUT2D eigenvalue weighted by Crippen LogP contribution is 2.18. The van der Waals surface area contributed by atoms with Crippen LogP contribution in [0.1, 0.15) is 11.4 Å². The summed E-state index contributed by atoms with van der Waals surface area (Å²) in [6, 6.07) is 9.65. The van der Waals surface area contributed by atoms with Crippen LogP contribution in [0.3, 0.4) is 0 Å². The minimum absolute atomic E-state index is 0.0590. The first-order valence-corrected chi connectivity index (χ1v) is 5.60. The number of aromatic amines is 2. The monoisotopic (exact) mass is 225 g/mol. The summed E-state index contributed by atoms with van der Waals surface area (Å²) in [7, 11) is 0. The average molecular weight is 225 g/mol. The maximum atomic E-state index is 12.1. The van der Waals surface area contributed by atoms with E-state index in [-0.39, 0.29) is 5.43 Å². The molecule has 0 saturated carbocycles. The molecule has 3 rings (SSSR count). The van der Waals surface area contributed by atoms with E-state index in [4.69, 9.17) is 0 Å². The molecule has 1 aromatic carbocycles. The molecule has 0 unspecified atom stereocenters. The van der Waals surface area contributed by atoms with E-state index in [0.717, 1.165) is 33.2 Å². The van der Waals surface area contributed by atoms with Gasteiger partial charge in [0.05, 0.1) is 5.52 Å². The topological polar surface area (TPSA) is 47.0 Å². The first-order chi connectivity index (χ1) is 8.15. The fourth-order valence-electron chi connectivity index (χ4n) is 2.22. The third-order valence-corrected chi connectivity index (χ3v) is 3.00. The van der Waals surface area contributed by atoms with Crippen LogP contribution in [0.2, 0.25) is 0 Å². The average Bonchev–Trinajstić information content (AvgIpc) is 2.27. The summed E-state index contributed by atoms with van der Waals surface area (Å²) >= 11 is 0. The molecule has 84 valence electrons. The second-order valence-corrected chi connectivity index (χ2v) is 4.41. The number of hydrogen-bond donors (Lipinski definition) is 1. The van der Waals surface area contributed by atoms with Gasteiger partial charge in [0.1, 0.15) is 5.39 Å². The van der Waals surface area contributed by atoms with Gasteiger partial charge in [-0.1, -0.05) is 0 Å². The van der Waals surface area contributed by atoms with Gasteiger partial charge in [-0.15, -0.1) is 0 Å². The van der Waals surface area contributed by atoms with Crippen molar-refractivity contribution in [1.82, 2.24) is 4.98 Å². The summed E-state index contributed by atoms with van der Waals surface area (Å²) in [5, 5.41) is 1.79. The van der Waals surface area contributed by atoms with E-state index in [1.165, 1.54) is 0 Å². The predicted molar refractivity (Wildman–Crippen MR) is 68.1 cm³/mol. The molecule has 0 atom stereocenters. The predicted octanol–water partition coefficient (Wildman–Crippen LogP) is 2.11. The maximum absolute atomic E-state index is 12.1. The molecule has 0 aliphatic heterocycles. The minimum Gasteiger partial charge on any atom is -0.358 e. The van der Waals surface area contributed by atoms with Crippen molar-refractivity contribution in [1.29, 1.82) is 0 Å². The fraction of sp³-hybridized carbons (Fsp3) is 0.143. The van der Waals surface area contributed by atoms with E-state index in [9.17, 15) is 4.79 Å². The molecule has 0 aliphatic carbocycles. The molecule has 0 spiro atoms. The lowest BCUT2D eigenvalue weighted by Crippen LogP contribution is -2.13. The van der Waals surface area contributed by atoms with Gasteiger partial charge in [-0.25, -0.2) is 4.98 Å². The summed E-state index contributed by atoms with van der Waals surface area (Å²) in [5.74, 6) is 0. The Kier molecular flexibility index (Phi) is 2.01. The number of pyridine rings is 2. The zero-order valence-corrected chi connectivity index (χ0v) is 9.79. The zero-order valence-electron chi connectivity index (χ0n) is 9.79. The van der Waals surface area contributed by atoms with Crippen LogP contribution >= 0.6 is 0 Å². The van der Waals surface area contributed by atoms with Gasteiger partial charge in [0.15, 0.2) is 11.1 Å². The Hall–Kier alpha value is -2.16. The minimum atomic E-state index is 0.0590. The number of benzene rings is 1. The SMILES string of the molecule is Cc1cc(=O)c2c(ccc3ccc(C)[nH+]c32)[nH]1. The molecule has 17 heavy (non-hydrogen) atoms. The van der Waals surface area contributed by atoms with E-state index in [0.29, 0.717) is 0 Å². The molecule has 0 saturated heterocycles. The molecule has 2 N–H and O–H groups in total. The van der Waals surface area contributed by atoms with E-state index in [1.807, 2.05) is 38.1 Å². The van der Waals surface area contributed by atoms with Gasteiger partial charge in [-0.3, -0.25) is 4.79 Å². The van der Waals surface area contributed by atoms with Gasteiger partial charge in [-0.2, -0.15) is 0 Å². The Morgan fingerprint density at radius 3 is 2.71 bits per heavy atom. The van der Waals surface area contributed by atoms with Gasteiger partial charge in [0.25, 0.3) is 0 Å². The number of aryl methyl sites for hydroxylation is 2. The van der Waals surface area contributed by atoms with E-state index < -0.39 is 0 Å². The molecule has 0 bridgehead atoms. The van der Waals surface area contributed by atoms with Crippen molar-refractivity contribution in [3.8, 4) is 0 Å². The molecule has 3 aromatic rings. The summed E-state index contributed by atoms with van der Waals surface area (Å²) in [6.45, 7) is 3.88. The van der Waals surface area contributed by atoms with Gasteiger partial charge in [0, 0.05) is 30.1 Å². The normalized spacial score (nSPS) is 11.2. The molecule has 3 nitrogen and oxygen atoms in total. The zero-order chi connectivity index (χ0) is 12.0. The van der Waals surface area contributed by atoms with Crippen molar-refractivity contribution in [2.75, 3.05) is 0 Å². The molecule has 0 aliphatic rings. The van der Waals surface area contributed by atoms with Crippen LogP contribution in [0.5, 0.6) is 0 Å². The highest BCUT2D eigenvalue weighted by Gasteiger charge is 2.11. The number of H-pyrrole nitrogens is 2. The molecule has 3 heteroatoms. The quantitative estimate of drug-likeness (QED) is 0.585. The Bertz CT molecular complexity index is 787. The van der Waals surface area contributed by atoms with Crippen LogP contribution in [0, 0.1) is 13.8 Å². The van der Waals surface area contributed by atoms with Crippen LogP contribution in [-0.4, -0.2) is 4.98 Å². The second kappa shape index (κ2) is 3.42. The van der Waals surface area contributed by atoms with Crippen LogP contribution in [0.4, 0.5) is 0 Å². The molecule has 0 amide bonds. The molecular weight excluding hydrogens is 212 g/mol. The van der Waals surface area contributed by atoms with E-state index >= 15 is 0 Å². The van der Waals surface area contributed by atoms with Gasteiger partial charge < -0.3 is 4.98 Å². The van der Waals surface area contributed by atoms with Crippen LogP contribution in [0.15, 0.2) is 35.1 Å². The fourth-order valence-corrected chi connectivity index (χ4v) is 2.22. The Morgan fingerprint density at radius 1 is 1.12 bits per heavy atom. The number of nitrogens with one attached hydrogen (secondary N) is 2. The Morgan fingerprint density at radius 2 is 1.88 bits per heavy atom. The Labute approximate surface area is 98.1 Å². The maximum Gasteiger partial charge on any atom is 0.224 e. The summed E-state index contributed by atoms with van der Waals surface area (Å²) in [5.41, 5.74) is 3.77. The third-order valence-electron chi connectivity index (χ3n) is 3.00. The molecule has 0 radical (unpaired) electrons.